The summed E-state index contributed by atoms with van der Waals surface area (Å²) >= 11 is 0. The van der Waals surface area contributed by atoms with Crippen molar-refractivity contribution in [1.29, 1.82) is 0 Å². The van der Waals surface area contributed by atoms with Gasteiger partial charge in [0.2, 0.25) is 17.1 Å². The van der Waals surface area contributed by atoms with E-state index < -0.39 is 5.91 Å². The van der Waals surface area contributed by atoms with E-state index in [1.165, 1.54) is 88.4 Å². The lowest BCUT2D eigenvalue weighted by atomic mass is 9.98. The average molecular weight is 640 g/mol. The SMILES string of the molecule is c1cc2ccc3ccc4[n+]5c3c2[n+](c1)C5[n+]1ccc2c3c1c-4cc[n+]3C13[n+]4cccc5nccc(c54)-c4ccc5ccc6ccc-2[n+]1c6c5[n+]43. The zero-order valence-electron chi connectivity index (χ0n) is 26.4. The molecule has 13 heterocycles. The molecule has 0 amide bonds. The molecule has 8 heteroatoms. The number of hydrogen-bond donors (Lipinski definition) is 0. The van der Waals surface area contributed by atoms with Crippen LogP contribution in [0.4, 0.5) is 0 Å². The molecule has 224 valence electrons. The first-order valence-corrected chi connectivity index (χ1v) is 17.2. The molecule has 0 N–H and O–H groups in total. The maximum atomic E-state index is 4.91. The molecular formula is C42H23N8+7. The Morgan fingerprint density at radius 1 is 0.440 bits per heavy atom. The number of pyridine rings is 8. The monoisotopic (exact) mass is 639 g/mol. The molecule has 0 bridgehead atoms. The highest BCUT2D eigenvalue weighted by Gasteiger charge is 2.83. The van der Waals surface area contributed by atoms with E-state index in [0.717, 1.165) is 11.0 Å². The number of aromatic nitrogens is 8. The molecule has 5 aliphatic heterocycles. The van der Waals surface area contributed by atoms with Crippen molar-refractivity contribution in [2.45, 2.75) is 12.2 Å². The second kappa shape index (κ2) is 7.13. The third-order valence-electron chi connectivity index (χ3n) is 12.4. The fraction of sp³-hybridized carbons (Fsp3) is 0.0476. The van der Waals surface area contributed by atoms with Crippen molar-refractivity contribution in [2.24, 2.45) is 0 Å². The van der Waals surface area contributed by atoms with Crippen LogP contribution in [0.1, 0.15) is 6.29 Å². The first-order valence-electron chi connectivity index (χ1n) is 17.2. The highest BCUT2D eigenvalue weighted by molar-refractivity contribution is 6.03. The Bertz CT molecular complexity index is 3460. The average Bonchev–Trinajstić information content (AvgIpc) is 3.70. The van der Waals surface area contributed by atoms with Crippen LogP contribution in [0.25, 0.3) is 99.5 Å². The van der Waals surface area contributed by atoms with E-state index in [1.54, 1.807) is 0 Å². The summed E-state index contributed by atoms with van der Waals surface area (Å²) in [5, 5.41) is 4.99. The molecule has 2 atom stereocenters. The van der Waals surface area contributed by atoms with Gasteiger partial charge in [-0.05, 0) is 65.2 Å². The topological polar surface area (TPSA) is 40.1 Å². The van der Waals surface area contributed by atoms with Gasteiger partial charge >= 0.3 is 34.3 Å². The Balaban J connectivity index is 1.21. The Labute approximate surface area is 282 Å². The summed E-state index contributed by atoms with van der Waals surface area (Å²) in [5.41, 5.74) is 17.0. The smallest absolute Gasteiger partial charge is 0.250 e. The third kappa shape index (κ3) is 2.10. The molecule has 50 heavy (non-hydrogen) atoms. The summed E-state index contributed by atoms with van der Waals surface area (Å²) in [4.78, 5) is 4.91. The van der Waals surface area contributed by atoms with Crippen LogP contribution in [-0.2, 0) is 5.91 Å². The maximum Gasteiger partial charge on any atom is 0.770 e. The predicted octanol–water partition coefficient (Wildman–Crippen LogP) is 3.35. The molecule has 10 aromatic rings. The second-order valence-corrected chi connectivity index (χ2v) is 14.3. The summed E-state index contributed by atoms with van der Waals surface area (Å²) in [6.45, 7) is 0. The van der Waals surface area contributed by atoms with E-state index in [9.17, 15) is 0 Å². The quantitative estimate of drug-likeness (QED) is 0.186. The molecule has 8 nitrogen and oxygen atoms in total. The largest absolute Gasteiger partial charge is 0.770 e. The Morgan fingerprint density at radius 2 is 1.04 bits per heavy atom. The van der Waals surface area contributed by atoms with Crippen molar-refractivity contribution in [3.05, 3.63) is 134 Å². The van der Waals surface area contributed by atoms with E-state index in [-0.39, 0.29) is 6.29 Å². The van der Waals surface area contributed by atoms with E-state index in [0.29, 0.717) is 0 Å². The van der Waals surface area contributed by atoms with E-state index in [1.807, 2.05) is 6.20 Å². The van der Waals surface area contributed by atoms with Crippen LogP contribution in [0, 0.1) is 0 Å². The lowest BCUT2D eigenvalue weighted by Gasteiger charge is -2.21. The molecule has 5 aliphatic rings. The Hall–Kier alpha value is -6.80. The molecule has 0 radical (unpaired) electrons. The molecule has 0 aliphatic carbocycles. The maximum absolute atomic E-state index is 4.91. The van der Waals surface area contributed by atoms with Crippen molar-refractivity contribution in [3.8, 4) is 33.8 Å². The van der Waals surface area contributed by atoms with Crippen LogP contribution in [0.3, 0.4) is 0 Å². The number of nitrogens with zero attached hydrogens (tertiary/aromatic N) is 8. The first kappa shape index (κ1) is 23.5. The van der Waals surface area contributed by atoms with Gasteiger partial charge < -0.3 is 0 Å². The lowest BCUT2D eigenvalue weighted by Crippen LogP contribution is -2.98. The van der Waals surface area contributed by atoms with Gasteiger partial charge in [0.05, 0.1) is 21.5 Å². The van der Waals surface area contributed by atoms with Gasteiger partial charge in [0.15, 0.2) is 24.8 Å². The van der Waals surface area contributed by atoms with Crippen LogP contribution >= 0.6 is 0 Å². The molecule has 0 fully saturated rings. The van der Waals surface area contributed by atoms with Crippen molar-refractivity contribution in [3.63, 3.8) is 0 Å². The van der Waals surface area contributed by atoms with Gasteiger partial charge in [-0.2, -0.15) is 0 Å². The predicted molar refractivity (Wildman–Crippen MR) is 181 cm³/mol. The van der Waals surface area contributed by atoms with Gasteiger partial charge in [-0.3, -0.25) is 0 Å². The zero-order chi connectivity index (χ0) is 31.8. The summed E-state index contributed by atoms with van der Waals surface area (Å²) in [6, 6.07) is 38.6. The minimum atomic E-state index is -0.795. The summed E-state index contributed by atoms with van der Waals surface area (Å²) in [7, 11) is 0. The normalized spacial score (nSPS) is 18.7. The summed E-state index contributed by atoms with van der Waals surface area (Å²) in [6.07, 6.45) is 11.1. The van der Waals surface area contributed by atoms with Gasteiger partial charge in [-0.15, -0.1) is 0 Å². The van der Waals surface area contributed by atoms with E-state index >= 15 is 0 Å². The van der Waals surface area contributed by atoms with E-state index in [4.69, 9.17) is 4.98 Å². The molecule has 1 spiro atoms. The highest BCUT2D eigenvalue weighted by atomic mass is 15.6. The minimum absolute atomic E-state index is 0.0546. The molecule has 2 aromatic carbocycles. The minimum Gasteiger partial charge on any atom is -0.250 e. The van der Waals surface area contributed by atoms with Crippen LogP contribution in [0.2, 0.25) is 0 Å². The van der Waals surface area contributed by atoms with Crippen LogP contribution in [0.5, 0.6) is 0 Å². The molecule has 2 unspecified atom stereocenters. The molecular weight excluding hydrogens is 617 g/mol. The zero-order valence-corrected chi connectivity index (χ0v) is 26.4. The molecule has 8 aromatic heterocycles. The van der Waals surface area contributed by atoms with Crippen LogP contribution in [-0.4, -0.2) is 4.98 Å². The van der Waals surface area contributed by atoms with Gasteiger partial charge in [0, 0.05) is 62.4 Å². The standard InChI is InChI=1S/C42H23N8/c1-3-23-5-6-24-9-12-31-28-17-22-47-40-29(16-21-45(39(28)40)41-44(19-1)34(23)35(24)48(31)41)33-14-11-26-8-7-25-10-13-32-27-15-18-43-30-4-2-20-46(38(27)30)42(47)49(32)36(25)37(26)50(33)42/h1-22,41H/q+7. The van der Waals surface area contributed by atoms with Gasteiger partial charge in [-0.1, -0.05) is 13.7 Å². The third-order valence-corrected chi connectivity index (χ3v) is 12.4. The number of benzene rings is 2. The van der Waals surface area contributed by atoms with Crippen molar-refractivity contribution < 1.29 is 32.0 Å². The fourth-order valence-corrected chi connectivity index (χ4v) is 10.7. The first-order chi connectivity index (χ1) is 24.8. The van der Waals surface area contributed by atoms with Crippen molar-refractivity contribution >= 4 is 65.7 Å². The van der Waals surface area contributed by atoms with Crippen LogP contribution in [0.15, 0.2) is 134 Å². The van der Waals surface area contributed by atoms with Gasteiger partial charge in [0.25, 0.3) is 16.6 Å². The van der Waals surface area contributed by atoms with E-state index in [2.05, 4.69) is 160 Å². The molecule has 0 saturated heterocycles. The summed E-state index contributed by atoms with van der Waals surface area (Å²) < 4.78 is 17.8. The highest BCUT2D eigenvalue weighted by Crippen LogP contribution is 2.42. The van der Waals surface area contributed by atoms with Crippen LogP contribution < -0.4 is 32.0 Å². The van der Waals surface area contributed by atoms with Gasteiger partial charge in [0.1, 0.15) is 22.2 Å². The Kier molecular flexibility index (Phi) is 3.36. The molecule has 0 saturated carbocycles. The van der Waals surface area contributed by atoms with Crippen molar-refractivity contribution in [1.82, 2.24) is 4.98 Å². The van der Waals surface area contributed by atoms with Gasteiger partial charge in [-0.25, -0.2) is 4.98 Å². The van der Waals surface area contributed by atoms with Crippen molar-refractivity contribution in [2.75, 3.05) is 0 Å². The molecule has 15 rings (SSSR count). The fourth-order valence-electron chi connectivity index (χ4n) is 10.7. The lowest BCUT2D eigenvalue weighted by molar-refractivity contribution is -1.29. The number of rotatable bonds is 0. The summed E-state index contributed by atoms with van der Waals surface area (Å²) in [5.74, 6) is -0.795. The number of hydrogen-bond acceptors (Lipinski definition) is 1. The second-order valence-electron chi connectivity index (χ2n) is 14.3. The number of fused-ring (bicyclic) bond motifs is 5. The Morgan fingerprint density at radius 3 is 1.84 bits per heavy atom.